The molecule has 0 amide bonds. The Labute approximate surface area is 191 Å². The molecule has 1 unspecified atom stereocenters. The maximum absolute atomic E-state index is 2.75. The van der Waals surface area contributed by atoms with Crippen molar-refractivity contribution in [3.05, 3.63) is 75.9 Å². The largest absolute Gasteiger partial charge is 0.0886 e. The molecule has 0 N–H and O–H groups in total. The van der Waals surface area contributed by atoms with Crippen molar-refractivity contribution in [1.82, 2.24) is 0 Å². The second-order valence-electron chi connectivity index (χ2n) is 10.4. The van der Waals surface area contributed by atoms with Gasteiger partial charge in [-0.1, -0.05) is 94.5 Å². The fraction of sp³-hybridized carbons (Fsp3) is 0.533. The Morgan fingerprint density at radius 2 is 1.26 bits per heavy atom. The van der Waals surface area contributed by atoms with E-state index in [2.05, 4.69) is 63.2 Å². The van der Waals surface area contributed by atoms with Crippen LogP contribution in [0.2, 0.25) is 0 Å². The van der Waals surface area contributed by atoms with Crippen LogP contribution in [0.5, 0.6) is 0 Å². The van der Waals surface area contributed by atoms with Crippen LogP contribution in [0.15, 0.2) is 42.5 Å². The molecule has 0 radical (unpaired) electrons. The molecule has 2 saturated carbocycles. The van der Waals surface area contributed by atoms with E-state index in [0.29, 0.717) is 5.66 Å². The smallest absolute Gasteiger partial charge is 0.0241 e. The molecule has 0 heterocycles. The second-order valence-corrected chi connectivity index (χ2v) is 13.3. The molecule has 2 fully saturated rings. The molecule has 3 aliphatic carbocycles. The van der Waals surface area contributed by atoms with E-state index in [1.165, 1.54) is 97.6 Å². The molecule has 1 heteroatoms. The Bertz CT molecular complexity index is 915. The summed E-state index contributed by atoms with van der Waals surface area (Å²) >= 11 is 0. The molecular weight excluding hydrogens is 391 g/mol. The standard InChI is InChI=1S/C30H39P/c1-21-18-22(2)30(23(3)19-21)28-20-29(27-17-11-10-16-26(27)28)31(24-12-6-4-7-13-24)25-14-8-5-9-15-25/h10-11,16-20,24-25,29H,4-9,12-15H2,1-3H3. The first-order valence-electron chi connectivity index (χ1n) is 12.8. The molecule has 3 aliphatic rings. The van der Waals surface area contributed by atoms with E-state index in [9.17, 15) is 0 Å². The summed E-state index contributed by atoms with van der Waals surface area (Å²) in [6.07, 6.45) is 17.5. The maximum atomic E-state index is 2.75. The molecular formula is C30H39P. The molecule has 0 saturated heterocycles. The van der Waals surface area contributed by atoms with Crippen LogP contribution in [-0.4, -0.2) is 11.3 Å². The third kappa shape index (κ3) is 4.18. The number of rotatable bonds is 4. The third-order valence-electron chi connectivity index (χ3n) is 8.15. The number of aryl methyl sites for hydroxylation is 3. The summed E-state index contributed by atoms with van der Waals surface area (Å²) in [6.45, 7) is 6.86. The van der Waals surface area contributed by atoms with Crippen LogP contribution in [0, 0.1) is 20.8 Å². The van der Waals surface area contributed by atoms with Gasteiger partial charge in [-0.25, -0.2) is 0 Å². The molecule has 2 aromatic carbocycles. The zero-order valence-electron chi connectivity index (χ0n) is 19.8. The Morgan fingerprint density at radius 1 is 0.710 bits per heavy atom. The lowest BCUT2D eigenvalue weighted by molar-refractivity contribution is 0.482. The van der Waals surface area contributed by atoms with Crippen LogP contribution in [0.1, 0.15) is 103 Å². The van der Waals surface area contributed by atoms with Crippen LogP contribution < -0.4 is 0 Å². The highest BCUT2D eigenvalue weighted by Crippen LogP contribution is 2.67. The highest BCUT2D eigenvalue weighted by molar-refractivity contribution is 7.59. The molecule has 0 bridgehead atoms. The van der Waals surface area contributed by atoms with Crippen LogP contribution in [0.3, 0.4) is 0 Å². The van der Waals surface area contributed by atoms with E-state index in [-0.39, 0.29) is 7.92 Å². The Kier molecular flexibility index (Phi) is 6.39. The molecule has 0 aliphatic heterocycles. The zero-order valence-corrected chi connectivity index (χ0v) is 20.7. The molecule has 164 valence electrons. The van der Waals surface area contributed by atoms with Crippen molar-refractivity contribution in [3.63, 3.8) is 0 Å². The number of allylic oxidation sites excluding steroid dienone is 1. The fourth-order valence-corrected chi connectivity index (χ4v) is 11.2. The van der Waals surface area contributed by atoms with Crippen LogP contribution >= 0.6 is 7.92 Å². The molecule has 0 aromatic heterocycles. The second kappa shape index (κ2) is 9.23. The summed E-state index contributed by atoms with van der Waals surface area (Å²) < 4.78 is 0. The lowest BCUT2D eigenvalue weighted by Crippen LogP contribution is -2.23. The Balaban J connectivity index is 1.61. The van der Waals surface area contributed by atoms with Gasteiger partial charge in [0.1, 0.15) is 0 Å². The van der Waals surface area contributed by atoms with Gasteiger partial charge in [0.15, 0.2) is 0 Å². The maximum Gasteiger partial charge on any atom is 0.0241 e. The van der Waals surface area contributed by atoms with Crippen LogP contribution in [0.25, 0.3) is 5.57 Å². The lowest BCUT2D eigenvalue weighted by atomic mass is 9.91. The monoisotopic (exact) mass is 430 g/mol. The van der Waals surface area contributed by atoms with Gasteiger partial charge in [0.25, 0.3) is 0 Å². The van der Waals surface area contributed by atoms with Crippen molar-refractivity contribution in [3.8, 4) is 0 Å². The first kappa shape index (κ1) is 21.5. The van der Waals surface area contributed by atoms with Crippen LogP contribution in [-0.2, 0) is 0 Å². The first-order chi connectivity index (χ1) is 15.1. The lowest BCUT2D eigenvalue weighted by Gasteiger charge is -2.42. The summed E-state index contributed by atoms with van der Waals surface area (Å²) in [7, 11) is -0.00359. The minimum Gasteiger partial charge on any atom is -0.0886 e. The Hall–Kier alpha value is -1.39. The highest BCUT2D eigenvalue weighted by atomic mass is 31.1. The van der Waals surface area contributed by atoms with Gasteiger partial charge in [-0.2, -0.15) is 0 Å². The highest BCUT2D eigenvalue weighted by Gasteiger charge is 2.39. The molecule has 1 atom stereocenters. The van der Waals surface area contributed by atoms with Gasteiger partial charge in [0.05, 0.1) is 0 Å². The Morgan fingerprint density at radius 3 is 1.84 bits per heavy atom. The number of hydrogen-bond donors (Lipinski definition) is 0. The van der Waals surface area contributed by atoms with Crippen molar-refractivity contribution >= 4 is 13.5 Å². The molecule has 31 heavy (non-hydrogen) atoms. The summed E-state index contributed by atoms with van der Waals surface area (Å²) in [5, 5.41) is 0. The van der Waals surface area contributed by atoms with Gasteiger partial charge in [-0.3, -0.25) is 0 Å². The van der Waals surface area contributed by atoms with Gasteiger partial charge >= 0.3 is 0 Å². The van der Waals surface area contributed by atoms with E-state index in [1.54, 1.807) is 5.56 Å². The van der Waals surface area contributed by atoms with Crippen molar-refractivity contribution < 1.29 is 0 Å². The van der Waals surface area contributed by atoms with Crippen molar-refractivity contribution in [2.45, 2.75) is 102 Å². The zero-order chi connectivity index (χ0) is 21.4. The van der Waals surface area contributed by atoms with Gasteiger partial charge in [-0.05, 0) is 91.2 Å². The van der Waals surface area contributed by atoms with E-state index in [1.807, 2.05) is 0 Å². The summed E-state index contributed by atoms with van der Waals surface area (Å²) in [5.41, 5.74) is 13.1. The summed E-state index contributed by atoms with van der Waals surface area (Å²) in [5.74, 6) is 0. The number of hydrogen-bond acceptors (Lipinski definition) is 0. The van der Waals surface area contributed by atoms with Crippen molar-refractivity contribution in [2.24, 2.45) is 0 Å². The minimum absolute atomic E-state index is 0.00359. The average molecular weight is 431 g/mol. The topological polar surface area (TPSA) is 0 Å². The quantitative estimate of drug-likeness (QED) is 0.424. The van der Waals surface area contributed by atoms with Gasteiger partial charge in [0, 0.05) is 5.66 Å². The van der Waals surface area contributed by atoms with Crippen LogP contribution in [0.4, 0.5) is 0 Å². The van der Waals surface area contributed by atoms with E-state index in [4.69, 9.17) is 0 Å². The third-order valence-corrected chi connectivity index (χ3v) is 11.9. The average Bonchev–Trinajstić information content (AvgIpc) is 3.14. The van der Waals surface area contributed by atoms with E-state index in [0.717, 1.165) is 11.3 Å². The van der Waals surface area contributed by atoms with Gasteiger partial charge in [0.2, 0.25) is 0 Å². The molecule has 0 spiro atoms. The fourth-order valence-electron chi connectivity index (χ4n) is 6.92. The molecule has 5 rings (SSSR count). The number of fused-ring (bicyclic) bond motifs is 1. The molecule has 0 nitrogen and oxygen atoms in total. The van der Waals surface area contributed by atoms with Gasteiger partial charge in [-0.15, -0.1) is 0 Å². The first-order valence-corrected chi connectivity index (χ1v) is 14.3. The van der Waals surface area contributed by atoms with Crippen molar-refractivity contribution in [2.75, 3.05) is 0 Å². The predicted molar refractivity (Wildman–Crippen MR) is 138 cm³/mol. The SMILES string of the molecule is Cc1cc(C)c(C2=CC(P(C3CCCCC3)C3CCCCC3)c3ccccc32)c(C)c1. The normalized spacial score (nSPS) is 22.6. The van der Waals surface area contributed by atoms with Crippen molar-refractivity contribution in [1.29, 1.82) is 0 Å². The van der Waals surface area contributed by atoms with Gasteiger partial charge < -0.3 is 0 Å². The number of benzene rings is 2. The summed E-state index contributed by atoms with van der Waals surface area (Å²) in [4.78, 5) is 0. The summed E-state index contributed by atoms with van der Waals surface area (Å²) in [6, 6.07) is 14.2. The van der Waals surface area contributed by atoms with E-state index < -0.39 is 0 Å². The van der Waals surface area contributed by atoms with E-state index >= 15 is 0 Å². The minimum atomic E-state index is -0.00359. The predicted octanol–water partition coefficient (Wildman–Crippen LogP) is 9.25. The molecule has 2 aromatic rings.